The second kappa shape index (κ2) is 23.0. The Bertz CT molecular complexity index is 3620. The summed E-state index contributed by atoms with van der Waals surface area (Å²) in [6.07, 6.45) is 7.71. The maximum atomic E-state index is 15.4. The van der Waals surface area contributed by atoms with Gasteiger partial charge >= 0.3 is 5.97 Å². The van der Waals surface area contributed by atoms with E-state index >= 15 is 4.79 Å². The van der Waals surface area contributed by atoms with Gasteiger partial charge in [0.05, 0.1) is 48.3 Å². The van der Waals surface area contributed by atoms with E-state index in [4.69, 9.17) is 14.2 Å². The number of Topliss-reactive ketones (excluding diaryl/α,β-unsaturated/α-hetero) is 1. The van der Waals surface area contributed by atoms with Crippen LogP contribution in [-0.2, 0) is 27.2 Å². The number of ether oxygens (including phenoxy) is 3. The topological polar surface area (TPSA) is 240 Å². The number of carbonyl (C=O) groups excluding carboxylic acids is 2. The van der Waals surface area contributed by atoms with Crippen LogP contribution in [0.3, 0.4) is 0 Å². The molecule has 4 aromatic carbocycles. The summed E-state index contributed by atoms with van der Waals surface area (Å²) < 4.78 is 20.0. The minimum absolute atomic E-state index is 0.00194. The van der Waals surface area contributed by atoms with Crippen molar-refractivity contribution in [1.29, 1.82) is 0 Å². The Morgan fingerprint density at radius 2 is 1.72 bits per heavy atom. The third-order valence-electron chi connectivity index (χ3n) is 19.2. The molecule has 5 aliphatic rings. The highest BCUT2D eigenvalue weighted by Gasteiger charge is 2.59. The quantitative estimate of drug-likeness (QED) is 0.0387. The number of H-pyrrole nitrogens is 2. The maximum Gasteiger partial charge on any atom is 0.318 e. The maximum absolute atomic E-state index is 15.4. The Kier molecular flexibility index (Phi) is 15.5. The number of phenols is 3. The summed E-state index contributed by atoms with van der Waals surface area (Å²) in [5.41, 5.74) is 9.44. The number of aromatic amines is 2. The summed E-state index contributed by atoms with van der Waals surface area (Å²) in [6.45, 7) is -0.284. The first-order valence-electron chi connectivity index (χ1n) is 29.2. The Labute approximate surface area is 476 Å². The molecule has 12 rings (SSSR count). The minimum atomic E-state index is -1.35. The number of phenolic OH excluding ortho intramolecular Hbond substituents is 3. The SMILES string of the molecule is COc1cc2c(cc1O)C1=CC3CC4(CCC(C(CCCO)n5c(-c6cccc(O)c6)cc6[nH]ccc65)C4)C4CC(O)CCC4C3C2CC(=O)CC(C(O)Cc2ccc(O)c(OCCO)c2)OC(=O)CC#CCc2c1[nH]c1ccccc21. The van der Waals surface area contributed by atoms with Crippen molar-refractivity contribution in [3.8, 4) is 51.8 Å². The lowest BCUT2D eigenvalue weighted by molar-refractivity contribution is -0.155. The van der Waals surface area contributed by atoms with E-state index in [-0.39, 0.29) is 128 Å². The van der Waals surface area contributed by atoms with Gasteiger partial charge in [-0.3, -0.25) is 9.59 Å². The van der Waals surface area contributed by atoms with Gasteiger partial charge in [-0.05, 0) is 176 Å². The fourth-order valence-electron chi connectivity index (χ4n) is 15.9. The fourth-order valence-corrected chi connectivity index (χ4v) is 15.9. The summed E-state index contributed by atoms with van der Waals surface area (Å²) in [5, 5.41) is 78.0. The number of aliphatic hydroxyl groups excluding tert-OH is 4. The molecule has 2 bridgehead atoms. The van der Waals surface area contributed by atoms with Gasteiger partial charge in [-0.25, -0.2) is 0 Å². The normalized spacial score (nSPS) is 26.2. The van der Waals surface area contributed by atoms with Crippen molar-refractivity contribution >= 4 is 39.3 Å². The van der Waals surface area contributed by atoms with Crippen molar-refractivity contribution in [3.05, 3.63) is 131 Å². The van der Waals surface area contributed by atoms with Crippen LogP contribution in [0.1, 0.15) is 117 Å². The molecule has 15 heteroatoms. The number of aromatic nitrogens is 3. The number of aliphatic hydroxyl groups is 4. The number of carbonyl (C=O) groups is 2. The number of benzene rings is 4. The van der Waals surface area contributed by atoms with Crippen LogP contribution in [0, 0.1) is 46.8 Å². The third kappa shape index (κ3) is 10.4. The Hall–Kier alpha value is -7.48. The van der Waals surface area contributed by atoms with Gasteiger partial charge in [0.25, 0.3) is 0 Å². The molecule has 4 heterocycles. The van der Waals surface area contributed by atoms with Gasteiger partial charge in [-0.2, -0.15) is 0 Å². The van der Waals surface area contributed by atoms with E-state index in [2.05, 4.69) is 50.7 Å². The zero-order chi connectivity index (χ0) is 56.8. The molecule has 1 spiro atoms. The molecule has 7 aromatic rings. The number of methoxy groups -OCH3 is 1. The van der Waals surface area contributed by atoms with E-state index in [1.54, 1.807) is 24.3 Å². The van der Waals surface area contributed by atoms with E-state index in [0.29, 0.717) is 24.8 Å². The van der Waals surface area contributed by atoms with Crippen LogP contribution >= 0.6 is 0 Å². The molecule has 4 aliphatic carbocycles. The van der Waals surface area contributed by atoms with Gasteiger partial charge in [0.2, 0.25) is 0 Å². The molecule has 3 saturated carbocycles. The first-order valence-corrected chi connectivity index (χ1v) is 29.2. The number of fused-ring (bicyclic) bond motifs is 10. The lowest BCUT2D eigenvalue weighted by Gasteiger charge is -2.57. The van der Waals surface area contributed by atoms with Gasteiger partial charge in [-0.15, -0.1) is 0 Å². The highest BCUT2D eigenvalue weighted by Crippen LogP contribution is 2.68. The second-order valence-electron chi connectivity index (χ2n) is 23.9. The monoisotopic (exact) mass is 1110 g/mol. The molecule has 0 saturated heterocycles. The number of nitrogens with one attached hydrogen (secondary N) is 2. The predicted molar refractivity (Wildman–Crippen MR) is 310 cm³/mol. The van der Waals surface area contributed by atoms with Crippen LogP contribution in [0.4, 0.5) is 0 Å². The number of hydrogen-bond acceptors (Lipinski definition) is 12. The molecule has 15 nitrogen and oxygen atoms in total. The molecule has 3 fully saturated rings. The molecule has 428 valence electrons. The number of aromatic hydroxyl groups is 3. The molecule has 11 atom stereocenters. The van der Waals surface area contributed by atoms with Crippen LogP contribution in [-0.4, -0.2) is 107 Å². The van der Waals surface area contributed by atoms with Crippen molar-refractivity contribution in [2.75, 3.05) is 26.9 Å². The lowest BCUT2D eigenvalue weighted by Crippen LogP contribution is -2.51. The van der Waals surface area contributed by atoms with Crippen molar-refractivity contribution in [1.82, 2.24) is 14.5 Å². The molecule has 3 aromatic heterocycles. The third-order valence-corrected chi connectivity index (χ3v) is 19.2. The summed E-state index contributed by atoms with van der Waals surface area (Å²) >= 11 is 0. The summed E-state index contributed by atoms with van der Waals surface area (Å²) in [7, 11) is 1.52. The standard InChI is InChI=1S/C67H73N3O12/c1-80-61-34-49-48(33-60(61)78)51-29-41-37-67(21-19-40(36-67)55(13-7-23-71)70-56-20-22-68-54(56)35-57(70)39-8-6-9-42(73)28-39)52-31-43(74)16-17-47(52)65(41)50(49)30-44(75)32-63(59(77)26-38-15-18-58(76)62(27-38)81-25-24-72)82-64(79)14-5-3-11-46-45-10-2-4-12-53(45)69-66(46)51/h2,4,6,8-10,12,15,18,20,22,27-29,33-35,40-41,43,47,50,52,55,59,63,65,68-69,71-74,76-78H,7,11,13-14,16-17,19,21,23-26,30-32,36-37H2,1H3. The molecule has 11 unspecified atom stereocenters. The molecule has 0 amide bonds. The number of allylic oxidation sites excluding steroid dienone is 1. The number of esters is 1. The average Bonchev–Trinajstić information content (AvgIpc) is 2.37. The highest BCUT2D eigenvalue weighted by molar-refractivity contribution is 5.94. The average molecular weight is 1110 g/mol. The Morgan fingerprint density at radius 3 is 2.55 bits per heavy atom. The second-order valence-corrected chi connectivity index (χ2v) is 23.9. The number of rotatable bonds is 13. The van der Waals surface area contributed by atoms with Crippen LogP contribution in [0.5, 0.6) is 28.7 Å². The van der Waals surface area contributed by atoms with Crippen molar-refractivity contribution in [2.45, 2.75) is 120 Å². The highest BCUT2D eigenvalue weighted by atomic mass is 16.6. The molecule has 82 heavy (non-hydrogen) atoms. The summed E-state index contributed by atoms with van der Waals surface area (Å²) in [6, 6.07) is 28.0. The Morgan fingerprint density at radius 1 is 0.866 bits per heavy atom. The van der Waals surface area contributed by atoms with E-state index in [9.17, 15) is 40.5 Å². The molecule has 1 aliphatic heterocycles. The molecular weight excluding hydrogens is 1040 g/mol. The van der Waals surface area contributed by atoms with E-state index in [0.717, 1.165) is 99.7 Å². The predicted octanol–water partition coefficient (Wildman–Crippen LogP) is 10.2. The number of para-hydroxylation sites is 1. The molecule has 9 N–H and O–H groups in total. The van der Waals surface area contributed by atoms with Crippen LogP contribution in [0.25, 0.3) is 38.8 Å². The van der Waals surface area contributed by atoms with Crippen LogP contribution in [0.2, 0.25) is 0 Å². The fraction of sp³-hybridized carbons (Fsp3) is 0.433. The van der Waals surface area contributed by atoms with Crippen molar-refractivity contribution in [3.63, 3.8) is 0 Å². The van der Waals surface area contributed by atoms with E-state index in [1.807, 2.05) is 48.7 Å². The van der Waals surface area contributed by atoms with Gasteiger partial charge < -0.3 is 64.5 Å². The van der Waals surface area contributed by atoms with Gasteiger partial charge in [-0.1, -0.05) is 54.3 Å². The number of nitrogens with zero attached hydrogens (tertiary/aromatic N) is 1. The molecular formula is C67H73N3O12. The van der Waals surface area contributed by atoms with E-state index < -0.39 is 30.2 Å². The van der Waals surface area contributed by atoms with Crippen molar-refractivity contribution < 1.29 is 59.5 Å². The van der Waals surface area contributed by atoms with E-state index in [1.165, 1.54) is 13.2 Å². The first kappa shape index (κ1) is 55.1. The largest absolute Gasteiger partial charge is 0.508 e. The first-order chi connectivity index (χ1) is 39.8. The summed E-state index contributed by atoms with van der Waals surface area (Å²) in [5.74, 6) is 5.42. The number of hydrogen-bond donors (Lipinski definition) is 9. The zero-order valence-electron chi connectivity index (χ0n) is 46.2. The number of ketones is 1. The van der Waals surface area contributed by atoms with Gasteiger partial charge in [0.1, 0.15) is 30.7 Å². The zero-order valence-corrected chi connectivity index (χ0v) is 46.2. The van der Waals surface area contributed by atoms with Crippen molar-refractivity contribution in [2.24, 2.45) is 35.0 Å². The van der Waals surface area contributed by atoms with Crippen LogP contribution < -0.4 is 9.47 Å². The number of cyclic esters (lactones) is 1. The molecule has 0 radical (unpaired) electrons. The van der Waals surface area contributed by atoms with Gasteiger partial charge in [0.15, 0.2) is 23.0 Å². The minimum Gasteiger partial charge on any atom is -0.508 e. The smallest absolute Gasteiger partial charge is 0.318 e. The Balaban J connectivity index is 0.993. The van der Waals surface area contributed by atoms with Gasteiger partial charge in [0, 0.05) is 66.6 Å². The summed E-state index contributed by atoms with van der Waals surface area (Å²) in [4.78, 5) is 36.5. The lowest BCUT2D eigenvalue weighted by atomic mass is 9.47. The van der Waals surface area contributed by atoms with Crippen LogP contribution in [0.15, 0.2) is 103 Å².